The van der Waals surface area contributed by atoms with E-state index in [-0.39, 0.29) is 0 Å². The van der Waals surface area contributed by atoms with E-state index in [1.807, 2.05) is 0 Å². The minimum atomic E-state index is 1.10. The SMILES string of the molecule is c1ccc(-c2ccccc2N(c2ccc(-n3c4ccccc4c4c5ccccc5ccc43)cc2)c2ccc3ccc4ccccc4c3c2)cc1. The Morgan fingerprint density at radius 1 is 0.360 bits per heavy atom. The summed E-state index contributed by atoms with van der Waals surface area (Å²) in [6.07, 6.45) is 0. The molecule has 0 N–H and O–H groups in total. The van der Waals surface area contributed by atoms with Crippen LogP contribution in [0.1, 0.15) is 0 Å². The molecular formula is C48H32N2. The van der Waals surface area contributed by atoms with Crippen LogP contribution < -0.4 is 4.90 Å². The molecule has 0 spiro atoms. The molecule has 0 fully saturated rings. The lowest BCUT2D eigenvalue weighted by Crippen LogP contribution is -2.11. The van der Waals surface area contributed by atoms with Crippen LogP contribution in [0.5, 0.6) is 0 Å². The van der Waals surface area contributed by atoms with Crippen LogP contribution in [0.15, 0.2) is 194 Å². The lowest BCUT2D eigenvalue weighted by atomic mass is 9.99. The number of para-hydroxylation sites is 2. The fourth-order valence-electron chi connectivity index (χ4n) is 7.85. The first-order chi connectivity index (χ1) is 24.8. The number of aromatic nitrogens is 1. The van der Waals surface area contributed by atoms with E-state index in [4.69, 9.17) is 0 Å². The van der Waals surface area contributed by atoms with E-state index in [1.54, 1.807) is 0 Å². The van der Waals surface area contributed by atoms with Gasteiger partial charge >= 0.3 is 0 Å². The van der Waals surface area contributed by atoms with Gasteiger partial charge in [0.2, 0.25) is 0 Å². The van der Waals surface area contributed by atoms with Crippen LogP contribution in [0.25, 0.3) is 70.9 Å². The van der Waals surface area contributed by atoms with Crippen molar-refractivity contribution < 1.29 is 0 Å². The van der Waals surface area contributed by atoms with Crippen molar-refractivity contribution >= 4 is 71.2 Å². The van der Waals surface area contributed by atoms with Gasteiger partial charge in [-0.2, -0.15) is 0 Å². The molecule has 0 aliphatic rings. The van der Waals surface area contributed by atoms with E-state index < -0.39 is 0 Å². The zero-order valence-electron chi connectivity index (χ0n) is 27.4. The number of fused-ring (bicyclic) bond motifs is 8. The Morgan fingerprint density at radius 3 is 1.76 bits per heavy atom. The molecule has 1 aromatic heterocycles. The van der Waals surface area contributed by atoms with E-state index >= 15 is 0 Å². The molecule has 0 aliphatic carbocycles. The second-order valence-electron chi connectivity index (χ2n) is 13.0. The topological polar surface area (TPSA) is 8.17 Å². The zero-order chi connectivity index (χ0) is 33.0. The third-order valence-corrected chi connectivity index (χ3v) is 10.1. The maximum atomic E-state index is 2.41. The minimum absolute atomic E-state index is 1.10. The summed E-state index contributed by atoms with van der Waals surface area (Å²) in [5, 5.41) is 10.1. The molecule has 10 rings (SSSR count). The fraction of sp³-hybridized carbons (Fsp3) is 0. The summed E-state index contributed by atoms with van der Waals surface area (Å²) in [5.74, 6) is 0. The summed E-state index contributed by atoms with van der Waals surface area (Å²) < 4.78 is 2.41. The number of hydrogen-bond acceptors (Lipinski definition) is 1. The highest BCUT2D eigenvalue weighted by atomic mass is 15.1. The number of benzene rings is 9. The second-order valence-corrected chi connectivity index (χ2v) is 13.0. The quantitative estimate of drug-likeness (QED) is 0.171. The second kappa shape index (κ2) is 11.5. The molecule has 0 atom stereocenters. The highest BCUT2D eigenvalue weighted by Crippen LogP contribution is 2.43. The van der Waals surface area contributed by atoms with Crippen LogP contribution in [0.2, 0.25) is 0 Å². The summed E-state index contributed by atoms with van der Waals surface area (Å²) in [5.41, 5.74) is 9.28. The molecule has 0 saturated carbocycles. The first-order valence-corrected chi connectivity index (χ1v) is 17.2. The smallest absolute Gasteiger partial charge is 0.0547 e. The minimum Gasteiger partial charge on any atom is -0.310 e. The number of anilines is 3. The van der Waals surface area contributed by atoms with Crippen molar-refractivity contribution in [3.63, 3.8) is 0 Å². The van der Waals surface area contributed by atoms with Gasteiger partial charge < -0.3 is 9.47 Å². The van der Waals surface area contributed by atoms with E-state index in [9.17, 15) is 0 Å². The van der Waals surface area contributed by atoms with Crippen molar-refractivity contribution in [2.45, 2.75) is 0 Å². The molecule has 9 aromatic carbocycles. The molecular weight excluding hydrogens is 605 g/mol. The van der Waals surface area contributed by atoms with Crippen LogP contribution in [-0.4, -0.2) is 4.57 Å². The molecule has 0 aliphatic heterocycles. The molecule has 2 nitrogen and oxygen atoms in total. The van der Waals surface area contributed by atoms with Crippen molar-refractivity contribution in [3.05, 3.63) is 194 Å². The van der Waals surface area contributed by atoms with Crippen LogP contribution in [0, 0.1) is 0 Å². The molecule has 0 saturated heterocycles. The Kier molecular flexibility index (Phi) is 6.53. The van der Waals surface area contributed by atoms with Crippen molar-refractivity contribution in [1.82, 2.24) is 4.57 Å². The fourth-order valence-corrected chi connectivity index (χ4v) is 7.85. The molecule has 0 amide bonds. The summed E-state index contributed by atoms with van der Waals surface area (Å²) in [6.45, 7) is 0. The van der Waals surface area contributed by atoms with E-state index in [1.165, 1.54) is 65.3 Å². The molecule has 1 heterocycles. The van der Waals surface area contributed by atoms with E-state index in [0.717, 1.165) is 22.7 Å². The van der Waals surface area contributed by atoms with Gasteiger partial charge in [0.25, 0.3) is 0 Å². The molecule has 50 heavy (non-hydrogen) atoms. The first-order valence-electron chi connectivity index (χ1n) is 17.2. The Morgan fingerprint density at radius 2 is 0.940 bits per heavy atom. The van der Waals surface area contributed by atoms with Crippen LogP contribution in [0.3, 0.4) is 0 Å². The Hall–Kier alpha value is -6.64. The van der Waals surface area contributed by atoms with Gasteiger partial charge in [0.15, 0.2) is 0 Å². The van der Waals surface area contributed by atoms with Gasteiger partial charge in [-0.05, 0) is 92.5 Å². The summed E-state index contributed by atoms with van der Waals surface area (Å²) in [4.78, 5) is 2.41. The highest BCUT2D eigenvalue weighted by molar-refractivity contribution is 6.21. The van der Waals surface area contributed by atoms with Gasteiger partial charge in [0.05, 0.1) is 16.7 Å². The number of hydrogen-bond donors (Lipinski definition) is 0. The standard InChI is InChI=1S/C48H32N2/c1-2-12-33(13-3-1)41-17-8-10-20-45(41)49(39-26-24-36-23-22-34-14-4-6-16-40(34)44(36)32-39)37-27-29-38(30-28-37)50-46-21-11-9-19-43(46)48-42-18-7-5-15-35(42)25-31-47(48)50/h1-32H. The largest absolute Gasteiger partial charge is 0.310 e. The van der Waals surface area contributed by atoms with Crippen molar-refractivity contribution in [3.8, 4) is 16.8 Å². The Balaban J connectivity index is 1.19. The first kappa shape index (κ1) is 28.4. The van der Waals surface area contributed by atoms with Gasteiger partial charge in [-0.3, -0.25) is 0 Å². The van der Waals surface area contributed by atoms with Crippen molar-refractivity contribution in [2.24, 2.45) is 0 Å². The van der Waals surface area contributed by atoms with Crippen molar-refractivity contribution in [1.29, 1.82) is 0 Å². The summed E-state index contributed by atoms with van der Waals surface area (Å²) in [7, 11) is 0. The van der Waals surface area contributed by atoms with Crippen LogP contribution in [0.4, 0.5) is 17.1 Å². The summed E-state index contributed by atoms with van der Waals surface area (Å²) in [6, 6.07) is 70.5. The third kappa shape index (κ3) is 4.50. The predicted octanol–water partition coefficient (Wildman–Crippen LogP) is 13.4. The average Bonchev–Trinajstić information content (AvgIpc) is 3.54. The summed E-state index contributed by atoms with van der Waals surface area (Å²) >= 11 is 0. The van der Waals surface area contributed by atoms with Crippen LogP contribution >= 0.6 is 0 Å². The molecule has 10 aromatic rings. The van der Waals surface area contributed by atoms with Gasteiger partial charge in [0, 0.05) is 33.4 Å². The van der Waals surface area contributed by atoms with Gasteiger partial charge in [-0.25, -0.2) is 0 Å². The molecule has 0 radical (unpaired) electrons. The lowest BCUT2D eigenvalue weighted by molar-refractivity contribution is 1.17. The van der Waals surface area contributed by atoms with E-state index in [2.05, 4.69) is 204 Å². The molecule has 2 heteroatoms. The molecule has 0 unspecified atom stereocenters. The maximum Gasteiger partial charge on any atom is 0.0547 e. The number of rotatable bonds is 5. The van der Waals surface area contributed by atoms with Crippen LogP contribution in [-0.2, 0) is 0 Å². The predicted molar refractivity (Wildman–Crippen MR) is 213 cm³/mol. The zero-order valence-corrected chi connectivity index (χ0v) is 27.4. The number of nitrogens with zero attached hydrogens (tertiary/aromatic N) is 2. The Labute approximate surface area is 290 Å². The van der Waals surface area contributed by atoms with Gasteiger partial charge in [0.1, 0.15) is 0 Å². The normalized spacial score (nSPS) is 11.6. The maximum absolute atomic E-state index is 2.41. The third-order valence-electron chi connectivity index (χ3n) is 10.1. The molecule has 0 bridgehead atoms. The lowest BCUT2D eigenvalue weighted by Gasteiger charge is -2.28. The monoisotopic (exact) mass is 636 g/mol. The Bertz CT molecular complexity index is 2860. The van der Waals surface area contributed by atoms with Crippen molar-refractivity contribution in [2.75, 3.05) is 4.90 Å². The van der Waals surface area contributed by atoms with Gasteiger partial charge in [-0.15, -0.1) is 0 Å². The van der Waals surface area contributed by atoms with E-state index in [0.29, 0.717) is 0 Å². The van der Waals surface area contributed by atoms with Gasteiger partial charge in [-0.1, -0.05) is 140 Å². The molecule has 234 valence electrons. The average molecular weight is 637 g/mol. The highest BCUT2D eigenvalue weighted by Gasteiger charge is 2.19.